The second-order valence-electron chi connectivity index (χ2n) is 5.13. The van der Waals surface area contributed by atoms with Crippen LogP contribution in [0.3, 0.4) is 0 Å². The SMILES string of the molecule is CC(Cc1ccccc1)N(CCO)c1ccc(O)c(O)c1. The molecule has 0 saturated carbocycles. The number of aromatic hydroxyl groups is 2. The van der Waals surface area contributed by atoms with Crippen molar-refractivity contribution in [1.82, 2.24) is 0 Å². The molecule has 0 bridgehead atoms. The lowest BCUT2D eigenvalue weighted by molar-refractivity contribution is 0.298. The van der Waals surface area contributed by atoms with Gasteiger partial charge in [0.15, 0.2) is 11.5 Å². The maximum Gasteiger partial charge on any atom is 0.159 e. The van der Waals surface area contributed by atoms with Gasteiger partial charge in [0.25, 0.3) is 0 Å². The van der Waals surface area contributed by atoms with Crippen molar-refractivity contribution in [3.8, 4) is 11.5 Å². The van der Waals surface area contributed by atoms with Crippen LogP contribution in [0.15, 0.2) is 48.5 Å². The van der Waals surface area contributed by atoms with Crippen LogP contribution in [-0.2, 0) is 6.42 Å². The third-order valence-corrected chi connectivity index (χ3v) is 3.54. The van der Waals surface area contributed by atoms with Crippen molar-refractivity contribution in [1.29, 1.82) is 0 Å². The number of anilines is 1. The highest BCUT2D eigenvalue weighted by molar-refractivity contribution is 5.56. The van der Waals surface area contributed by atoms with Gasteiger partial charge in [0.05, 0.1) is 6.61 Å². The van der Waals surface area contributed by atoms with Gasteiger partial charge in [0.2, 0.25) is 0 Å². The molecule has 1 unspecified atom stereocenters. The molecular formula is C17H21NO3. The molecule has 0 aromatic heterocycles. The van der Waals surface area contributed by atoms with E-state index in [1.165, 1.54) is 17.7 Å². The quantitative estimate of drug-likeness (QED) is 0.714. The minimum atomic E-state index is -0.151. The van der Waals surface area contributed by atoms with Crippen LogP contribution in [0.25, 0.3) is 0 Å². The van der Waals surface area contributed by atoms with Crippen molar-refractivity contribution < 1.29 is 15.3 Å². The van der Waals surface area contributed by atoms with E-state index in [-0.39, 0.29) is 24.1 Å². The standard InChI is InChI=1S/C17H21NO3/c1-13(11-14-5-3-2-4-6-14)18(9-10-19)15-7-8-16(20)17(21)12-15/h2-8,12-13,19-21H,9-11H2,1H3. The van der Waals surface area contributed by atoms with E-state index in [0.29, 0.717) is 6.54 Å². The summed E-state index contributed by atoms with van der Waals surface area (Å²) >= 11 is 0. The van der Waals surface area contributed by atoms with Gasteiger partial charge in [-0.3, -0.25) is 0 Å². The normalized spacial score (nSPS) is 12.1. The fourth-order valence-corrected chi connectivity index (χ4v) is 2.47. The van der Waals surface area contributed by atoms with Crippen LogP contribution in [0.1, 0.15) is 12.5 Å². The number of rotatable bonds is 6. The first-order valence-corrected chi connectivity index (χ1v) is 7.05. The van der Waals surface area contributed by atoms with Gasteiger partial charge in [-0.05, 0) is 31.0 Å². The highest BCUT2D eigenvalue weighted by Crippen LogP contribution is 2.30. The van der Waals surface area contributed by atoms with E-state index in [1.807, 2.05) is 23.1 Å². The van der Waals surface area contributed by atoms with Gasteiger partial charge < -0.3 is 20.2 Å². The molecule has 4 heteroatoms. The van der Waals surface area contributed by atoms with Crippen molar-refractivity contribution in [2.24, 2.45) is 0 Å². The van der Waals surface area contributed by atoms with E-state index >= 15 is 0 Å². The summed E-state index contributed by atoms with van der Waals surface area (Å²) < 4.78 is 0. The Bertz CT molecular complexity index is 572. The molecule has 0 fully saturated rings. The van der Waals surface area contributed by atoms with Gasteiger partial charge in [-0.15, -0.1) is 0 Å². The van der Waals surface area contributed by atoms with E-state index < -0.39 is 0 Å². The molecule has 0 aliphatic rings. The molecule has 4 nitrogen and oxygen atoms in total. The minimum Gasteiger partial charge on any atom is -0.504 e. The van der Waals surface area contributed by atoms with Gasteiger partial charge in [-0.25, -0.2) is 0 Å². The monoisotopic (exact) mass is 287 g/mol. The number of aliphatic hydroxyl groups excluding tert-OH is 1. The van der Waals surface area contributed by atoms with Crippen molar-refractivity contribution >= 4 is 5.69 Å². The predicted molar refractivity (Wildman–Crippen MR) is 83.8 cm³/mol. The van der Waals surface area contributed by atoms with Crippen LogP contribution in [0, 0.1) is 0 Å². The van der Waals surface area contributed by atoms with Gasteiger partial charge in [-0.2, -0.15) is 0 Å². The topological polar surface area (TPSA) is 63.9 Å². The van der Waals surface area contributed by atoms with E-state index in [1.54, 1.807) is 6.07 Å². The number of nitrogens with zero attached hydrogens (tertiary/aromatic N) is 1. The van der Waals surface area contributed by atoms with E-state index in [9.17, 15) is 15.3 Å². The Hall–Kier alpha value is -2.20. The zero-order chi connectivity index (χ0) is 15.2. The van der Waals surface area contributed by atoms with Crippen molar-refractivity contribution in [3.63, 3.8) is 0 Å². The molecule has 2 aromatic carbocycles. The van der Waals surface area contributed by atoms with Crippen LogP contribution in [0.4, 0.5) is 5.69 Å². The minimum absolute atomic E-state index is 0.0285. The summed E-state index contributed by atoms with van der Waals surface area (Å²) in [5.74, 6) is -0.291. The first kappa shape index (κ1) is 15.2. The molecule has 0 heterocycles. The van der Waals surface area contributed by atoms with Gasteiger partial charge >= 0.3 is 0 Å². The lowest BCUT2D eigenvalue weighted by atomic mass is 10.1. The third kappa shape index (κ3) is 3.89. The number of aliphatic hydroxyl groups is 1. The van der Waals surface area contributed by atoms with Gasteiger partial charge in [0, 0.05) is 24.3 Å². The maximum atomic E-state index is 9.65. The predicted octanol–water partition coefficient (Wildman–Crippen LogP) is 2.53. The Morgan fingerprint density at radius 2 is 1.71 bits per heavy atom. The second-order valence-corrected chi connectivity index (χ2v) is 5.13. The zero-order valence-corrected chi connectivity index (χ0v) is 12.1. The summed E-state index contributed by atoms with van der Waals surface area (Å²) in [5, 5.41) is 28.3. The molecule has 0 aliphatic carbocycles. The Kier molecular flexibility index (Phi) is 5.06. The summed E-state index contributed by atoms with van der Waals surface area (Å²) in [7, 11) is 0. The van der Waals surface area contributed by atoms with Crippen LogP contribution in [0.5, 0.6) is 11.5 Å². The Labute approximate surface area is 124 Å². The summed E-state index contributed by atoms with van der Waals surface area (Å²) in [6.07, 6.45) is 0.836. The van der Waals surface area contributed by atoms with E-state index in [4.69, 9.17) is 0 Å². The van der Waals surface area contributed by atoms with Crippen molar-refractivity contribution in [2.45, 2.75) is 19.4 Å². The second kappa shape index (κ2) is 6.99. The molecule has 0 spiro atoms. The maximum absolute atomic E-state index is 9.65. The Balaban J connectivity index is 2.19. The highest BCUT2D eigenvalue weighted by atomic mass is 16.3. The molecular weight excluding hydrogens is 266 g/mol. The van der Waals surface area contributed by atoms with Gasteiger partial charge in [-0.1, -0.05) is 30.3 Å². The average Bonchev–Trinajstić information content (AvgIpc) is 2.49. The van der Waals surface area contributed by atoms with Crippen LogP contribution in [0.2, 0.25) is 0 Å². The van der Waals surface area contributed by atoms with Crippen LogP contribution in [-0.4, -0.2) is 34.5 Å². The highest BCUT2D eigenvalue weighted by Gasteiger charge is 2.16. The smallest absolute Gasteiger partial charge is 0.159 e. The summed E-state index contributed by atoms with van der Waals surface area (Å²) in [6.45, 7) is 2.57. The fourth-order valence-electron chi connectivity index (χ4n) is 2.47. The number of phenols is 2. The molecule has 112 valence electrons. The lowest BCUT2D eigenvalue weighted by Gasteiger charge is -2.31. The van der Waals surface area contributed by atoms with Crippen molar-refractivity contribution in [2.75, 3.05) is 18.1 Å². The number of phenolic OH excluding ortho intramolecular Hbond substituents is 2. The molecule has 21 heavy (non-hydrogen) atoms. The zero-order valence-electron chi connectivity index (χ0n) is 12.1. The molecule has 0 amide bonds. The molecule has 2 rings (SSSR count). The van der Waals surface area contributed by atoms with Crippen LogP contribution >= 0.6 is 0 Å². The first-order chi connectivity index (χ1) is 10.1. The number of benzene rings is 2. The van der Waals surface area contributed by atoms with Gasteiger partial charge in [0.1, 0.15) is 0 Å². The fraction of sp³-hybridized carbons (Fsp3) is 0.294. The summed E-state index contributed by atoms with van der Waals surface area (Å²) in [5.41, 5.74) is 2.00. The number of hydrogen-bond acceptors (Lipinski definition) is 4. The van der Waals surface area contributed by atoms with Crippen molar-refractivity contribution in [3.05, 3.63) is 54.1 Å². The molecule has 0 radical (unpaired) electrons. The average molecular weight is 287 g/mol. The molecule has 0 aliphatic heterocycles. The van der Waals surface area contributed by atoms with E-state index in [0.717, 1.165) is 12.1 Å². The van der Waals surface area contributed by atoms with Crippen LogP contribution < -0.4 is 4.90 Å². The molecule has 0 saturated heterocycles. The van der Waals surface area contributed by atoms with E-state index in [2.05, 4.69) is 19.1 Å². The summed E-state index contributed by atoms with van der Waals surface area (Å²) in [4.78, 5) is 2.02. The lowest BCUT2D eigenvalue weighted by Crippen LogP contribution is -2.36. The Morgan fingerprint density at radius 1 is 1.00 bits per heavy atom. The third-order valence-electron chi connectivity index (χ3n) is 3.54. The molecule has 2 aromatic rings. The molecule has 3 N–H and O–H groups in total. The number of hydrogen-bond donors (Lipinski definition) is 3. The largest absolute Gasteiger partial charge is 0.504 e. The Morgan fingerprint density at radius 3 is 2.33 bits per heavy atom. The summed E-state index contributed by atoms with van der Waals surface area (Å²) in [6, 6.07) is 15.0. The first-order valence-electron chi connectivity index (χ1n) is 7.05. The molecule has 1 atom stereocenters.